The van der Waals surface area contributed by atoms with Crippen molar-refractivity contribution in [1.82, 2.24) is 15.0 Å². The maximum atomic E-state index is 12.1. The van der Waals surface area contributed by atoms with Gasteiger partial charge in [-0.05, 0) is 55.2 Å². The molecule has 1 aliphatic rings. The third kappa shape index (κ3) is 3.52. The van der Waals surface area contributed by atoms with Crippen molar-refractivity contribution in [2.24, 2.45) is 5.92 Å². The van der Waals surface area contributed by atoms with Gasteiger partial charge in [-0.2, -0.15) is 0 Å². The lowest BCUT2D eigenvalue weighted by Crippen LogP contribution is -2.32. The number of pyridine rings is 1. The van der Waals surface area contributed by atoms with E-state index in [9.17, 15) is 4.79 Å². The number of piperidine rings is 1. The van der Waals surface area contributed by atoms with Gasteiger partial charge in [0, 0.05) is 48.4 Å². The molecule has 3 aromatic rings. The predicted molar refractivity (Wildman–Crippen MR) is 104 cm³/mol. The molecule has 1 fully saturated rings. The Morgan fingerprint density at radius 1 is 1.00 bits per heavy atom. The number of nitrogens with one attached hydrogen (secondary N) is 1. The van der Waals surface area contributed by atoms with Crippen molar-refractivity contribution < 1.29 is 0 Å². The summed E-state index contributed by atoms with van der Waals surface area (Å²) in [5.74, 6) is 1.40. The zero-order valence-electron chi connectivity index (χ0n) is 14.9. The zero-order chi connectivity index (χ0) is 17.9. The van der Waals surface area contributed by atoms with Crippen molar-refractivity contribution in [3.8, 4) is 22.6 Å². The Morgan fingerprint density at radius 3 is 2.38 bits per heavy atom. The highest BCUT2D eigenvalue weighted by Crippen LogP contribution is 2.25. The van der Waals surface area contributed by atoms with Crippen LogP contribution in [0.25, 0.3) is 22.6 Å². The molecule has 0 aliphatic carbocycles. The molecule has 0 unspecified atom stereocenters. The first kappa shape index (κ1) is 16.5. The summed E-state index contributed by atoms with van der Waals surface area (Å²) in [5, 5.41) is 0. The third-order valence-corrected chi connectivity index (χ3v) is 5.01. The smallest absolute Gasteiger partial charge is 0.251 e. The van der Waals surface area contributed by atoms with E-state index in [-0.39, 0.29) is 5.56 Å². The summed E-state index contributed by atoms with van der Waals surface area (Å²) in [7, 11) is 0. The summed E-state index contributed by atoms with van der Waals surface area (Å²) in [6.45, 7) is 4.53. The highest BCUT2D eigenvalue weighted by molar-refractivity contribution is 5.64. The van der Waals surface area contributed by atoms with E-state index in [1.807, 2.05) is 24.3 Å². The van der Waals surface area contributed by atoms with E-state index in [0.29, 0.717) is 11.5 Å². The summed E-state index contributed by atoms with van der Waals surface area (Å²) >= 11 is 0. The van der Waals surface area contributed by atoms with E-state index in [1.54, 1.807) is 12.4 Å². The molecule has 1 aromatic carbocycles. The second-order valence-electron chi connectivity index (χ2n) is 6.93. The van der Waals surface area contributed by atoms with Crippen LogP contribution in [0.2, 0.25) is 0 Å². The van der Waals surface area contributed by atoms with Crippen LogP contribution in [0.5, 0.6) is 0 Å². The lowest BCUT2D eigenvalue weighted by molar-refractivity contribution is 0.438. The van der Waals surface area contributed by atoms with Gasteiger partial charge in [0.2, 0.25) is 0 Å². The second-order valence-corrected chi connectivity index (χ2v) is 6.93. The number of anilines is 1. The minimum atomic E-state index is -0.157. The molecule has 5 heteroatoms. The Morgan fingerprint density at radius 2 is 1.69 bits per heavy atom. The molecule has 4 rings (SSSR count). The topological polar surface area (TPSA) is 61.9 Å². The largest absolute Gasteiger partial charge is 0.372 e. The van der Waals surface area contributed by atoms with E-state index in [0.717, 1.165) is 30.1 Å². The number of nitrogens with zero attached hydrogens (tertiary/aromatic N) is 3. The minimum absolute atomic E-state index is 0.157. The summed E-state index contributed by atoms with van der Waals surface area (Å²) in [6, 6.07) is 13.5. The number of aromatic amines is 1. The molecule has 1 saturated heterocycles. The first-order chi connectivity index (χ1) is 12.7. The molecule has 0 spiro atoms. The standard InChI is InChI=1S/C21H22N4O/c1-15-8-12-25(13-9-15)18-4-2-17(3-5-18)21-23-19(14-20(26)24-21)16-6-10-22-11-7-16/h2-7,10-11,14-15H,8-9,12-13H2,1H3,(H,23,24,26). The monoisotopic (exact) mass is 346 g/mol. The summed E-state index contributed by atoms with van der Waals surface area (Å²) in [4.78, 5) is 26.0. The van der Waals surface area contributed by atoms with Crippen LogP contribution < -0.4 is 10.5 Å². The van der Waals surface area contributed by atoms with Crippen molar-refractivity contribution in [1.29, 1.82) is 0 Å². The van der Waals surface area contributed by atoms with Gasteiger partial charge in [0.05, 0.1) is 5.69 Å². The molecule has 2 aromatic heterocycles. The second kappa shape index (κ2) is 7.12. The first-order valence-electron chi connectivity index (χ1n) is 9.06. The molecule has 132 valence electrons. The van der Waals surface area contributed by atoms with Gasteiger partial charge >= 0.3 is 0 Å². The molecule has 0 amide bonds. The fourth-order valence-corrected chi connectivity index (χ4v) is 3.36. The zero-order valence-corrected chi connectivity index (χ0v) is 14.9. The van der Waals surface area contributed by atoms with Crippen molar-refractivity contribution >= 4 is 5.69 Å². The van der Waals surface area contributed by atoms with Gasteiger partial charge in [-0.3, -0.25) is 9.78 Å². The molecular weight excluding hydrogens is 324 g/mol. The Balaban J connectivity index is 1.62. The molecule has 1 N–H and O–H groups in total. The number of aromatic nitrogens is 3. The van der Waals surface area contributed by atoms with Gasteiger partial charge in [-0.25, -0.2) is 4.98 Å². The highest BCUT2D eigenvalue weighted by Gasteiger charge is 2.16. The van der Waals surface area contributed by atoms with E-state index in [2.05, 4.69) is 38.9 Å². The minimum Gasteiger partial charge on any atom is -0.372 e. The lowest BCUT2D eigenvalue weighted by atomic mass is 9.98. The summed E-state index contributed by atoms with van der Waals surface area (Å²) in [6.07, 6.45) is 5.88. The van der Waals surface area contributed by atoms with Crippen molar-refractivity contribution in [3.05, 3.63) is 65.2 Å². The normalized spacial score (nSPS) is 15.2. The third-order valence-electron chi connectivity index (χ3n) is 5.01. The van der Waals surface area contributed by atoms with Gasteiger partial charge < -0.3 is 9.88 Å². The number of H-pyrrole nitrogens is 1. The molecule has 0 bridgehead atoms. The van der Waals surface area contributed by atoms with E-state index >= 15 is 0 Å². The average molecular weight is 346 g/mol. The van der Waals surface area contributed by atoms with Crippen LogP contribution in [0.4, 0.5) is 5.69 Å². The maximum absolute atomic E-state index is 12.1. The van der Waals surface area contributed by atoms with E-state index in [1.165, 1.54) is 24.6 Å². The fourth-order valence-electron chi connectivity index (χ4n) is 3.36. The van der Waals surface area contributed by atoms with Crippen molar-refractivity contribution in [3.63, 3.8) is 0 Å². The molecule has 3 heterocycles. The molecule has 1 aliphatic heterocycles. The van der Waals surface area contributed by atoms with E-state index in [4.69, 9.17) is 0 Å². The Labute approximate surface area is 152 Å². The molecule has 26 heavy (non-hydrogen) atoms. The number of benzene rings is 1. The molecule has 5 nitrogen and oxygen atoms in total. The van der Waals surface area contributed by atoms with E-state index < -0.39 is 0 Å². The fraction of sp³-hybridized carbons (Fsp3) is 0.286. The molecule has 0 atom stereocenters. The summed E-state index contributed by atoms with van der Waals surface area (Å²) in [5.41, 5.74) is 3.52. The highest BCUT2D eigenvalue weighted by atomic mass is 16.1. The van der Waals surface area contributed by atoms with Crippen LogP contribution in [0.1, 0.15) is 19.8 Å². The Kier molecular flexibility index (Phi) is 4.52. The average Bonchev–Trinajstić information content (AvgIpc) is 2.69. The molecule has 0 saturated carbocycles. The van der Waals surface area contributed by atoms with Crippen molar-refractivity contribution in [2.45, 2.75) is 19.8 Å². The van der Waals surface area contributed by atoms with Crippen LogP contribution in [0, 0.1) is 5.92 Å². The van der Waals surface area contributed by atoms with Gasteiger partial charge in [0.25, 0.3) is 5.56 Å². The SMILES string of the molecule is CC1CCN(c2ccc(-c3nc(-c4ccncc4)cc(=O)[nH]3)cc2)CC1. The number of rotatable bonds is 3. The van der Waals surface area contributed by atoms with Crippen LogP contribution >= 0.6 is 0 Å². The van der Waals surface area contributed by atoms with Crippen LogP contribution in [0.15, 0.2) is 59.7 Å². The number of hydrogen-bond donors (Lipinski definition) is 1. The lowest BCUT2D eigenvalue weighted by Gasteiger charge is -2.32. The van der Waals surface area contributed by atoms with Crippen LogP contribution in [-0.2, 0) is 0 Å². The maximum Gasteiger partial charge on any atom is 0.251 e. The first-order valence-corrected chi connectivity index (χ1v) is 9.06. The molecular formula is C21H22N4O. The van der Waals surface area contributed by atoms with Gasteiger partial charge in [0.15, 0.2) is 0 Å². The Bertz CT molecular complexity index is 926. The number of hydrogen-bond acceptors (Lipinski definition) is 4. The van der Waals surface area contributed by atoms with Crippen LogP contribution in [0.3, 0.4) is 0 Å². The Hall–Kier alpha value is -2.95. The molecule has 0 radical (unpaired) electrons. The van der Waals surface area contributed by atoms with Crippen molar-refractivity contribution in [2.75, 3.05) is 18.0 Å². The predicted octanol–water partition coefficient (Wildman–Crippen LogP) is 3.74. The van der Waals surface area contributed by atoms with Crippen LogP contribution in [-0.4, -0.2) is 28.0 Å². The van der Waals surface area contributed by atoms with Gasteiger partial charge in [-0.15, -0.1) is 0 Å². The summed E-state index contributed by atoms with van der Waals surface area (Å²) < 4.78 is 0. The van der Waals surface area contributed by atoms with Gasteiger partial charge in [0.1, 0.15) is 5.82 Å². The van der Waals surface area contributed by atoms with Gasteiger partial charge in [-0.1, -0.05) is 6.92 Å². The quantitative estimate of drug-likeness (QED) is 0.785.